The highest BCUT2D eigenvalue weighted by atomic mass is 79.9. The van der Waals surface area contributed by atoms with Crippen molar-refractivity contribution in [2.45, 2.75) is 26.5 Å². The molecule has 11 heteroatoms. The molecule has 1 atom stereocenters. The van der Waals surface area contributed by atoms with Gasteiger partial charge in [-0.15, -0.1) is 0 Å². The van der Waals surface area contributed by atoms with Crippen molar-refractivity contribution in [1.82, 2.24) is 4.57 Å². The minimum absolute atomic E-state index is 0.181. The summed E-state index contributed by atoms with van der Waals surface area (Å²) in [5, 5.41) is 0. The number of hydrogen-bond acceptors (Lipinski definition) is 9. The lowest BCUT2D eigenvalue weighted by molar-refractivity contribution is -0.139. The molecule has 1 aromatic heterocycles. The first-order valence-corrected chi connectivity index (χ1v) is 15.4. The zero-order valence-corrected chi connectivity index (χ0v) is 27.3. The number of halogens is 1. The van der Waals surface area contributed by atoms with E-state index in [2.05, 4.69) is 20.9 Å². The third-order valence-electron chi connectivity index (χ3n) is 7.02. The molecule has 0 aliphatic carbocycles. The highest BCUT2D eigenvalue weighted by Crippen LogP contribution is 2.38. The Balaban J connectivity index is 1.61. The van der Waals surface area contributed by atoms with E-state index in [0.717, 1.165) is 11.1 Å². The third-order valence-corrected chi connectivity index (χ3v) is 8.59. The monoisotopic (exact) mass is 678 g/mol. The van der Waals surface area contributed by atoms with Gasteiger partial charge in [-0.25, -0.2) is 9.79 Å². The van der Waals surface area contributed by atoms with E-state index < -0.39 is 12.0 Å². The Morgan fingerprint density at radius 1 is 1.00 bits per heavy atom. The molecular formula is C33H31BrN2O7S. The van der Waals surface area contributed by atoms with Crippen LogP contribution in [-0.2, 0) is 16.1 Å². The number of methoxy groups -OCH3 is 3. The third kappa shape index (κ3) is 6.15. The van der Waals surface area contributed by atoms with Crippen LogP contribution < -0.4 is 33.8 Å². The maximum Gasteiger partial charge on any atom is 0.338 e. The van der Waals surface area contributed by atoms with E-state index in [1.54, 1.807) is 52.3 Å². The van der Waals surface area contributed by atoms with Crippen molar-refractivity contribution in [3.8, 4) is 23.0 Å². The lowest BCUT2D eigenvalue weighted by Crippen LogP contribution is -2.40. The lowest BCUT2D eigenvalue weighted by atomic mass is 9.95. The van der Waals surface area contributed by atoms with Crippen LogP contribution in [0.15, 0.2) is 86.2 Å². The molecule has 0 unspecified atom stereocenters. The number of carbonyl (C=O) groups excluding carboxylic acids is 1. The first-order valence-electron chi connectivity index (χ1n) is 13.7. The average Bonchev–Trinajstić information content (AvgIpc) is 3.33. The van der Waals surface area contributed by atoms with Gasteiger partial charge in [-0.05, 0) is 76.8 Å². The Hall–Kier alpha value is -4.35. The Bertz CT molecular complexity index is 1910. The minimum atomic E-state index is -0.790. The lowest BCUT2D eigenvalue weighted by Gasteiger charge is -2.25. The molecule has 44 heavy (non-hydrogen) atoms. The number of ether oxygens (including phenoxy) is 5. The Labute approximate surface area is 266 Å². The van der Waals surface area contributed by atoms with Gasteiger partial charge in [0.25, 0.3) is 5.56 Å². The number of carbonyl (C=O) groups is 1. The molecule has 1 aliphatic rings. The molecule has 0 saturated heterocycles. The second-order valence-electron chi connectivity index (χ2n) is 9.73. The molecule has 0 amide bonds. The van der Waals surface area contributed by atoms with Crippen LogP contribution in [-0.4, -0.2) is 38.5 Å². The van der Waals surface area contributed by atoms with Gasteiger partial charge in [0.05, 0.1) is 54.3 Å². The van der Waals surface area contributed by atoms with Gasteiger partial charge in [0.2, 0.25) is 0 Å². The van der Waals surface area contributed by atoms with E-state index in [9.17, 15) is 9.59 Å². The van der Waals surface area contributed by atoms with Crippen molar-refractivity contribution in [3.05, 3.63) is 113 Å². The maximum absolute atomic E-state index is 14.1. The van der Waals surface area contributed by atoms with Gasteiger partial charge < -0.3 is 23.7 Å². The summed E-state index contributed by atoms with van der Waals surface area (Å²) < 4.78 is 30.7. The summed E-state index contributed by atoms with van der Waals surface area (Å²) in [5.41, 5.74) is 2.84. The summed E-state index contributed by atoms with van der Waals surface area (Å²) in [6.45, 7) is 4.03. The van der Waals surface area contributed by atoms with E-state index >= 15 is 0 Å². The molecule has 3 aromatic carbocycles. The predicted molar refractivity (Wildman–Crippen MR) is 171 cm³/mol. The molecule has 0 saturated carbocycles. The first kappa shape index (κ1) is 31.1. The number of benzene rings is 3. The van der Waals surface area contributed by atoms with Crippen LogP contribution in [0, 0.1) is 0 Å². The molecule has 228 valence electrons. The van der Waals surface area contributed by atoms with Crippen molar-refractivity contribution in [2.24, 2.45) is 4.99 Å². The van der Waals surface area contributed by atoms with Crippen molar-refractivity contribution in [3.63, 3.8) is 0 Å². The second-order valence-corrected chi connectivity index (χ2v) is 11.6. The number of fused-ring (bicyclic) bond motifs is 1. The number of nitrogens with zero attached hydrogens (tertiary/aromatic N) is 2. The van der Waals surface area contributed by atoms with Crippen LogP contribution in [0.1, 0.15) is 36.6 Å². The summed E-state index contributed by atoms with van der Waals surface area (Å²) in [4.78, 5) is 32.4. The zero-order chi connectivity index (χ0) is 31.4. The largest absolute Gasteiger partial charge is 0.493 e. The molecule has 0 radical (unpaired) electrons. The smallest absolute Gasteiger partial charge is 0.338 e. The summed E-state index contributed by atoms with van der Waals surface area (Å²) in [6, 6.07) is 18.0. The Kier molecular flexibility index (Phi) is 9.55. The highest BCUT2D eigenvalue weighted by Gasteiger charge is 2.34. The first-order chi connectivity index (χ1) is 21.3. The zero-order valence-electron chi connectivity index (χ0n) is 24.9. The van der Waals surface area contributed by atoms with Crippen molar-refractivity contribution < 1.29 is 28.5 Å². The van der Waals surface area contributed by atoms with Crippen LogP contribution in [0.3, 0.4) is 0 Å². The SMILES string of the molecule is CCOC(=O)C1=C(C)N=c2s/c(=C\c3cc(Br)c(OCc4ccccc4)c(OC)c3)c(=O)n2[C@@H]1c1ccc(OC)c(OC)c1. The van der Waals surface area contributed by atoms with Gasteiger partial charge in [0, 0.05) is 0 Å². The number of hydrogen-bond donors (Lipinski definition) is 0. The highest BCUT2D eigenvalue weighted by molar-refractivity contribution is 9.10. The van der Waals surface area contributed by atoms with E-state index in [1.165, 1.54) is 23.0 Å². The van der Waals surface area contributed by atoms with E-state index in [0.29, 0.717) is 54.7 Å². The van der Waals surface area contributed by atoms with Gasteiger partial charge in [0.15, 0.2) is 27.8 Å². The average molecular weight is 680 g/mol. The molecule has 2 heterocycles. The van der Waals surface area contributed by atoms with Crippen molar-refractivity contribution in [1.29, 1.82) is 0 Å². The van der Waals surface area contributed by atoms with Crippen LogP contribution in [0.5, 0.6) is 23.0 Å². The normalized spacial score (nSPS) is 14.5. The van der Waals surface area contributed by atoms with Gasteiger partial charge in [-0.3, -0.25) is 9.36 Å². The topological polar surface area (TPSA) is 97.6 Å². The number of thiazole rings is 1. The van der Waals surface area contributed by atoms with Crippen molar-refractivity contribution in [2.75, 3.05) is 27.9 Å². The quantitative estimate of drug-likeness (QED) is 0.214. The molecule has 0 spiro atoms. The molecule has 4 aromatic rings. The molecular weight excluding hydrogens is 648 g/mol. The molecule has 9 nitrogen and oxygen atoms in total. The van der Waals surface area contributed by atoms with Gasteiger partial charge in [-0.1, -0.05) is 47.7 Å². The van der Waals surface area contributed by atoms with Crippen LogP contribution >= 0.6 is 27.3 Å². The molecule has 0 fully saturated rings. The van der Waals surface area contributed by atoms with Gasteiger partial charge in [-0.2, -0.15) is 0 Å². The standard InChI is InChI=1S/C33H31BrN2O7S/c1-6-42-32(38)28-19(2)35-33-36(29(28)22-12-13-24(39-3)25(17-22)40-4)31(37)27(44-33)16-21-14-23(34)30(26(15-21)41-5)43-18-20-10-8-7-9-11-20/h7-17,29H,6,18H2,1-5H3/b27-16-/t29-/m1/s1. The Morgan fingerprint density at radius 3 is 2.41 bits per heavy atom. The van der Waals surface area contributed by atoms with E-state index in [-0.39, 0.29) is 17.7 Å². The van der Waals surface area contributed by atoms with Crippen LogP contribution in [0.4, 0.5) is 0 Å². The minimum Gasteiger partial charge on any atom is -0.493 e. The van der Waals surface area contributed by atoms with E-state index in [1.807, 2.05) is 42.5 Å². The molecule has 0 N–H and O–H groups in total. The second kappa shape index (κ2) is 13.5. The van der Waals surface area contributed by atoms with Crippen LogP contribution in [0.2, 0.25) is 0 Å². The number of allylic oxidation sites excluding steroid dienone is 1. The molecule has 0 bridgehead atoms. The van der Waals surface area contributed by atoms with Gasteiger partial charge in [0.1, 0.15) is 6.61 Å². The Morgan fingerprint density at radius 2 is 1.73 bits per heavy atom. The predicted octanol–water partition coefficient (Wildman–Crippen LogP) is 5.17. The maximum atomic E-state index is 14.1. The van der Waals surface area contributed by atoms with Crippen molar-refractivity contribution >= 4 is 39.3 Å². The fraction of sp³-hybridized carbons (Fsp3) is 0.242. The summed E-state index contributed by atoms with van der Waals surface area (Å²) in [6.07, 6.45) is 1.77. The molecule has 5 rings (SSSR count). The number of esters is 1. The van der Waals surface area contributed by atoms with E-state index in [4.69, 9.17) is 23.7 Å². The molecule has 1 aliphatic heterocycles. The van der Waals surface area contributed by atoms with Gasteiger partial charge >= 0.3 is 5.97 Å². The fourth-order valence-electron chi connectivity index (χ4n) is 4.97. The fourth-order valence-corrected chi connectivity index (χ4v) is 6.59. The number of rotatable bonds is 10. The summed E-state index contributed by atoms with van der Waals surface area (Å²) >= 11 is 4.84. The summed E-state index contributed by atoms with van der Waals surface area (Å²) in [7, 11) is 4.65. The summed E-state index contributed by atoms with van der Waals surface area (Å²) in [5.74, 6) is 1.52. The van der Waals surface area contributed by atoms with Crippen LogP contribution in [0.25, 0.3) is 6.08 Å². The number of aromatic nitrogens is 1.